The molecule has 1 heterocycles. The molecule has 0 saturated carbocycles. The van der Waals surface area contributed by atoms with Gasteiger partial charge in [-0.3, -0.25) is 4.72 Å². The van der Waals surface area contributed by atoms with Gasteiger partial charge in [0.05, 0.1) is 12.3 Å². The number of anilines is 1. The number of aryl methyl sites for hydroxylation is 1. The Bertz CT molecular complexity index is 746. The van der Waals surface area contributed by atoms with Gasteiger partial charge in [-0.05, 0) is 19.1 Å². The molecule has 0 aliphatic heterocycles. The average molecular weight is 337 g/mol. The highest BCUT2D eigenvalue weighted by molar-refractivity contribution is 7.93. The zero-order valence-corrected chi connectivity index (χ0v) is 12.6. The van der Waals surface area contributed by atoms with Gasteiger partial charge in [0.1, 0.15) is 10.7 Å². The van der Waals surface area contributed by atoms with E-state index in [4.69, 9.17) is 16.7 Å². The van der Waals surface area contributed by atoms with Gasteiger partial charge in [0.2, 0.25) is 0 Å². The molecule has 2 N–H and O–H groups in total. The van der Waals surface area contributed by atoms with Crippen LogP contribution in [0.3, 0.4) is 0 Å². The van der Waals surface area contributed by atoms with Crippen molar-refractivity contribution in [3.8, 4) is 0 Å². The van der Waals surface area contributed by atoms with E-state index in [0.29, 0.717) is 5.69 Å². The third kappa shape index (κ3) is 3.09. The Morgan fingerprint density at radius 2 is 2.20 bits per heavy atom. The first kappa shape index (κ1) is 15.2. The van der Waals surface area contributed by atoms with Crippen molar-refractivity contribution < 1.29 is 17.9 Å². The predicted molar refractivity (Wildman–Crippen MR) is 75.0 cm³/mol. The third-order valence-electron chi connectivity index (χ3n) is 2.38. The van der Waals surface area contributed by atoms with E-state index in [0.717, 1.165) is 17.4 Å². The minimum atomic E-state index is -4.16. The normalized spacial score (nSPS) is 11.6. The standard InChI is InChI=1S/C11H10ClFN2O3S2/c1-6-5-19-11(14-6)15-20(17,18)9-3-8(12)2-7(4-16)10(9)13/h2-3,5,16H,4H2,1H3,(H,14,15). The fourth-order valence-corrected chi connectivity index (χ4v) is 3.89. The summed E-state index contributed by atoms with van der Waals surface area (Å²) in [4.78, 5) is 3.32. The molecule has 0 fully saturated rings. The molecule has 20 heavy (non-hydrogen) atoms. The second-order valence-electron chi connectivity index (χ2n) is 3.93. The monoisotopic (exact) mass is 336 g/mol. The molecule has 1 aromatic heterocycles. The van der Waals surface area contributed by atoms with Crippen molar-refractivity contribution in [2.75, 3.05) is 4.72 Å². The minimum absolute atomic E-state index is 0.0196. The number of aliphatic hydroxyl groups excluding tert-OH is 1. The van der Waals surface area contributed by atoms with Gasteiger partial charge in [-0.15, -0.1) is 11.3 Å². The van der Waals surface area contributed by atoms with Crippen LogP contribution in [0.2, 0.25) is 5.02 Å². The number of aromatic nitrogens is 1. The molecule has 0 aliphatic carbocycles. The SMILES string of the molecule is Cc1csc(NS(=O)(=O)c2cc(Cl)cc(CO)c2F)n1. The van der Waals surface area contributed by atoms with Gasteiger partial charge in [0, 0.05) is 16.0 Å². The zero-order chi connectivity index (χ0) is 14.9. The summed E-state index contributed by atoms with van der Waals surface area (Å²) in [5.41, 5.74) is 0.462. The topological polar surface area (TPSA) is 79.3 Å². The molecule has 0 spiro atoms. The summed E-state index contributed by atoms with van der Waals surface area (Å²) in [7, 11) is -4.16. The van der Waals surface area contributed by atoms with Crippen LogP contribution in [0.15, 0.2) is 22.4 Å². The second-order valence-corrected chi connectivity index (χ2v) is 6.88. The van der Waals surface area contributed by atoms with Crippen LogP contribution in [0.25, 0.3) is 0 Å². The summed E-state index contributed by atoms with van der Waals surface area (Å²) in [6.07, 6.45) is 0. The Hall–Kier alpha value is -1.22. The van der Waals surface area contributed by atoms with Crippen molar-refractivity contribution in [3.63, 3.8) is 0 Å². The van der Waals surface area contributed by atoms with Gasteiger partial charge in [0.25, 0.3) is 10.0 Å². The fraction of sp³-hybridized carbons (Fsp3) is 0.182. The van der Waals surface area contributed by atoms with Crippen molar-refractivity contribution in [1.29, 1.82) is 0 Å². The van der Waals surface area contributed by atoms with Gasteiger partial charge >= 0.3 is 0 Å². The van der Waals surface area contributed by atoms with E-state index in [-0.39, 0.29) is 15.7 Å². The zero-order valence-electron chi connectivity index (χ0n) is 10.2. The molecule has 0 aliphatic rings. The maximum absolute atomic E-state index is 14.0. The molecule has 2 rings (SSSR count). The smallest absolute Gasteiger partial charge is 0.266 e. The quantitative estimate of drug-likeness (QED) is 0.899. The number of halogens is 2. The van der Waals surface area contributed by atoms with Gasteiger partial charge in [-0.1, -0.05) is 11.6 Å². The number of aliphatic hydroxyl groups is 1. The number of hydrogen-bond acceptors (Lipinski definition) is 5. The number of hydrogen-bond donors (Lipinski definition) is 2. The molecule has 2 aromatic rings. The molecule has 0 atom stereocenters. The van der Waals surface area contributed by atoms with Crippen molar-refractivity contribution >= 4 is 38.1 Å². The Morgan fingerprint density at radius 1 is 1.50 bits per heavy atom. The van der Waals surface area contributed by atoms with Crippen LogP contribution in [-0.2, 0) is 16.6 Å². The highest BCUT2D eigenvalue weighted by Gasteiger charge is 2.23. The molecule has 0 saturated heterocycles. The lowest BCUT2D eigenvalue weighted by Gasteiger charge is -2.09. The lowest BCUT2D eigenvalue weighted by atomic mass is 10.2. The number of benzene rings is 1. The van der Waals surface area contributed by atoms with Crippen molar-refractivity contribution in [1.82, 2.24) is 4.98 Å². The Kier molecular flexibility index (Phi) is 4.28. The van der Waals surface area contributed by atoms with Crippen molar-refractivity contribution in [2.45, 2.75) is 18.4 Å². The summed E-state index contributed by atoms with van der Waals surface area (Å²) in [6.45, 7) is 1.06. The van der Waals surface area contributed by atoms with Crippen LogP contribution in [-0.4, -0.2) is 18.5 Å². The van der Waals surface area contributed by atoms with Crippen LogP contribution in [0.5, 0.6) is 0 Å². The molecule has 0 amide bonds. The first-order valence-electron chi connectivity index (χ1n) is 5.37. The first-order chi connectivity index (χ1) is 9.33. The number of thiazole rings is 1. The van der Waals surface area contributed by atoms with E-state index < -0.39 is 27.3 Å². The maximum Gasteiger partial charge on any atom is 0.266 e. The number of sulfonamides is 1. The van der Waals surface area contributed by atoms with Crippen LogP contribution in [0.4, 0.5) is 9.52 Å². The van der Waals surface area contributed by atoms with Crippen LogP contribution in [0.1, 0.15) is 11.3 Å². The largest absolute Gasteiger partial charge is 0.392 e. The molecule has 108 valence electrons. The van der Waals surface area contributed by atoms with E-state index in [9.17, 15) is 12.8 Å². The van der Waals surface area contributed by atoms with E-state index in [1.165, 1.54) is 6.07 Å². The van der Waals surface area contributed by atoms with Gasteiger partial charge in [-0.25, -0.2) is 17.8 Å². The second kappa shape index (κ2) is 5.65. The van der Waals surface area contributed by atoms with E-state index in [2.05, 4.69) is 9.71 Å². The number of nitrogens with zero attached hydrogens (tertiary/aromatic N) is 1. The highest BCUT2D eigenvalue weighted by Crippen LogP contribution is 2.26. The third-order valence-corrected chi connectivity index (χ3v) is 4.94. The molecule has 1 aromatic carbocycles. The molecule has 0 bridgehead atoms. The predicted octanol–water partition coefficient (Wildman–Crippen LogP) is 2.54. The van der Waals surface area contributed by atoms with E-state index in [1.54, 1.807) is 12.3 Å². The van der Waals surface area contributed by atoms with Crippen molar-refractivity contribution in [3.05, 3.63) is 39.6 Å². The molecule has 5 nitrogen and oxygen atoms in total. The molecule has 9 heteroatoms. The summed E-state index contributed by atoms with van der Waals surface area (Å²) in [5.74, 6) is -1.03. The Labute approximate surface area is 124 Å². The molecule has 0 unspecified atom stereocenters. The van der Waals surface area contributed by atoms with Crippen LogP contribution >= 0.6 is 22.9 Å². The Morgan fingerprint density at radius 3 is 2.75 bits per heavy atom. The lowest BCUT2D eigenvalue weighted by Crippen LogP contribution is -2.15. The Balaban J connectivity index is 2.46. The van der Waals surface area contributed by atoms with Crippen molar-refractivity contribution in [2.24, 2.45) is 0 Å². The van der Waals surface area contributed by atoms with Gasteiger partial charge in [0.15, 0.2) is 5.13 Å². The van der Waals surface area contributed by atoms with E-state index in [1.807, 2.05) is 0 Å². The number of rotatable bonds is 4. The molecular formula is C11H10ClFN2O3S2. The van der Waals surface area contributed by atoms with Crippen LogP contribution in [0, 0.1) is 12.7 Å². The maximum atomic E-state index is 14.0. The molecular weight excluding hydrogens is 327 g/mol. The van der Waals surface area contributed by atoms with E-state index >= 15 is 0 Å². The summed E-state index contributed by atoms with van der Waals surface area (Å²) >= 11 is 6.82. The number of nitrogens with one attached hydrogen (secondary N) is 1. The highest BCUT2D eigenvalue weighted by atomic mass is 35.5. The van der Waals surface area contributed by atoms with Crippen LogP contribution < -0.4 is 4.72 Å². The first-order valence-corrected chi connectivity index (χ1v) is 8.11. The summed E-state index contributed by atoms with van der Waals surface area (Å²) < 4.78 is 40.4. The van der Waals surface area contributed by atoms with Gasteiger partial charge in [-0.2, -0.15) is 0 Å². The summed E-state index contributed by atoms with van der Waals surface area (Å²) in [6, 6.07) is 2.16. The lowest BCUT2D eigenvalue weighted by molar-refractivity contribution is 0.274. The minimum Gasteiger partial charge on any atom is -0.392 e. The fourth-order valence-electron chi connectivity index (χ4n) is 1.50. The van der Waals surface area contributed by atoms with Gasteiger partial charge < -0.3 is 5.11 Å². The summed E-state index contributed by atoms with van der Waals surface area (Å²) in [5, 5.41) is 10.8. The average Bonchev–Trinajstić information content (AvgIpc) is 2.76. The molecule has 0 radical (unpaired) electrons.